The number of fused-ring (bicyclic) bond motifs is 1. The molecule has 0 radical (unpaired) electrons. The van der Waals surface area contributed by atoms with Gasteiger partial charge in [-0.25, -0.2) is 0 Å². The van der Waals surface area contributed by atoms with Crippen molar-refractivity contribution in [1.29, 1.82) is 0 Å². The van der Waals surface area contributed by atoms with Gasteiger partial charge >= 0.3 is 125 Å². The van der Waals surface area contributed by atoms with Crippen molar-refractivity contribution in [2.24, 2.45) is 0 Å². The Hall–Kier alpha value is -1.83. The van der Waals surface area contributed by atoms with E-state index in [4.69, 9.17) is 0 Å². The van der Waals surface area contributed by atoms with Gasteiger partial charge in [0.1, 0.15) is 0 Å². The van der Waals surface area contributed by atoms with Crippen molar-refractivity contribution in [3.05, 3.63) is 65.4 Å². The van der Waals surface area contributed by atoms with Gasteiger partial charge in [-0.05, 0) is 0 Å². The summed E-state index contributed by atoms with van der Waals surface area (Å²) in [7, 11) is 0. The van der Waals surface area contributed by atoms with Crippen LogP contribution < -0.4 is 9.88 Å². The SMILES string of the molecule is CC[n+]1c(C=CNc2ccccc2)[se]c2ccccc21. The molecular formula is C17H17N2Se+. The van der Waals surface area contributed by atoms with E-state index in [-0.39, 0.29) is 0 Å². The van der Waals surface area contributed by atoms with Crippen molar-refractivity contribution < 1.29 is 4.57 Å². The van der Waals surface area contributed by atoms with Crippen molar-refractivity contribution >= 4 is 36.0 Å². The number of para-hydroxylation sites is 2. The average molecular weight is 328 g/mol. The van der Waals surface area contributed by atoms with Crippen LogP contribution >= 0.6 is 0 Å². The zero-order chi connectivity index (χ0) is 13.8. The molecule has 1 heterocycles. The Morgan fingerprint density at radius 3 is 2.60 bits per heavy atom. The van der Waals surface area contributed by atoms with Crippen LogP contribution in [0.15, 0.2) is 60.8 Å². The van der Waals surface area contributed by atoms with Crippen LogP contribution in [-0.2, 0) is 6.54 Å². The van der Waals surface area contributed by atoms with Crippen molar-refractivity contribution in [3.63, 3.8) is 0 Å². The van der Waals surface area contributed by atoms with E-state index in [2.05, 4.69) is 59.3 Å². The van der Waals surface area contributed by atoms with Crippen LogP contribution in [0, 0.1) is 0 Å². The first-order valence-corrected chi connectivity index (χ1v) is 8.49. The van der Waals surface area contributed by atoms with Crippen LogP contribution in [0.1, 0.15) is 11.5 Å². The molecule has 0 aliphatic rings. The third-order valence-electron chi connectivity index (χ3n) is 3.20. The summed E-state index contributed by atoms with van der Waals surface area (Å²) in [4.78, 5) is 0. The zero-order valence-corrected chi connectivity index (χ0v) is 13.1. The van der Waals surface area contributed by atoms with Crippen LogP contribution in [0.3, 0.4) is 0 Å². The summed E-state index contributed by atoms with van der Waals surface area (Å²) in [5.41, 5.74) is 2.49. The number of nitrogens with one attached hydrogen (secondary N) is 1. The van der Waals surface area contributed by atoms with Crippen molar-refractivity contribution in [3.8, 4) is 0 Å². The standard InChI is InChI=1S/C17H16N2Se/c1-2-19-15-10-6-7-11-16(15)20-17(19)12-13-18-14-8-4-3-5-9-14/h3-13H,2H2,1H3/p+1. The molecule has 0 spiro atoms. The van der Waals surface area contributed by atoms with E-state index in [1.54, 1.807) is 0 Å². The van der Waals surface area contributed by atoms with E-state index in [0.29, 0.717) is 14.5 Å². The molecule has 3 heteroatoms. The number of nitrogens with zero attached hydrogens (tertiary/aromatic N) is 1. The first kappa shape index (κ1) is 13.2. The van der Waals surface area contributed by atoms with Gasteiger partial charge in [0.15, 0.2) is 0 Å². The summed E-state index contributed by atoms with van der Waals surface area (Å²) in [5.74, 6) is 0. The molecule has 20 heavy (non-hydrogen) atoms. The fourth-order valence-corrected chi connectivity index (χ4v) is 4.61. The van der Waals surface area contributed by atoms with Crippen LogP contribution in [0.25, 0.3) is 15.9 Å². The zero-order valence-electron chi connectivity index (χ0n) is 11.4. The Labute approximate surface area is 125 Å². The molecule has 0 bridgehead atoms. The Morgan fingerprint density at radius 2 is 1.80 bits per heavy atom. The number of benzene rings is 2. The Kier molecular flexibility index (Phi) is 4.00. The van der Waals surface area contributed by atoms with Crippen LogP contribution in [0.2, 0.25) is 0 Å². The molecule has 2 aromatic carbocycles. The Bertz CT molecular complexity index is 729. The summed E-state index contributed by atoms with van der Waals surface area (Å²) in [6.07, 6.45) is 4.25. The third kappa shape index (κ3) is 2.69. The first-order valence-electron chi connectivity index (χ1n) is 6.78. The van der Waals surface area contributed by atoms with Gasteiger partial charge in [0.2, 0.25) is 0 Å². The second-order valence-electron chi connectivity index (χ2n) is 4.50. The monoisotopic (exact) mass is 329 g/mol. The molecule has 0 atom stereocenters. The number of hydrogen-bond acceptors (Lipinski definition) is 1. The molecule has 1 N–H and O–H groups in total. The number of anilines is 1. The number of aromatic nitrogens is 1. The summed E-state index contributed by atoms with van der Waals surface area (Å²) >= 11 is 0.404. The maximum atomic E-state index is 3.32. The summed E-state index contributed by atoms with van der Waals surface area (Å²) < 4.78 is 5.28. The van der Waals surface area contributed by atoms with Crippen molar-refractivity contribution in [2.75, 3.05) is 5.32 Å². The summed E-state index contributed by atoms with van der Waals surface area (Å²) in [6, 6.07) is 18.9. The molecule has 0 aliphatic carbocycles. The van der Waals surface area contributed by atoms with Gasteiger partial charge in [-0.1, -0.05) is 0 Å². The van der Waals surface area contributed by atoms with Crippen LogP contribution in [0.5, 0.6) is 0 Å². The molecule has 100 valence electrons. The van der Waals surface area contributed by atoms with Crippen molar-refractivity contribution in [2.45, 2.75) is 13.5 Å². The Morgan fingerprint density at radius 1 is 1.05 bits per heavy atom. The van der Waals surface area contributed by atoms with Gasteiger partial charge in [-0.15, -0.1) is 0 Å². The van der Waals surface area contributed by atoms with Gasteiger partial charge in [0.05, 0.1) is 0 Å². The number of hydrogen-bond donors (Lipinski definition) is 1. The van der Waals surface area contributed by atoms with E-state index in [1.165, 1.54) is 14.3 Å². The summed E-state index contributed by atoms with van der Waals surface area (Å²) in [5, 5.41) is 3.32. The molecular weight excluding hydrogens is 311 g/mol. The fraction of sp³-hybridized carbons (Fsp3) is 0.118. The molecule has 0 amide bonds. The predicted octanol–water partition coefficient (Wildman–Crippen LogP) is 3.29. The molecule has 0 aliphatic heterocycles. The van der Waals surface area contributed by atoms with Gasteiger partial charge in [-0.3, -0.25) is 0 Å². The van der Waals surface area contributed by atoms with Crippen molar-refractivity contribution in [1.82, 2.24) is 0 Å². The van der Waals surface area contributed by atoms with E-state index in [0.717, 1.165) is 12.2 Å². The molecule has 0 unspecified atom stereocenters. The average Bonchev–Trinajstić information content (AvgIpc) is 2.86. The van der Waals surface area contributed by atoms with E-state index in [9.17, 15) is 0 Å². The third-order valence-corrected chi connectivity index (χ3v) is 5.57. The number of aryl methyl sites for hydroxylation is 1. The van der Waals surface area contributed by atoms with E-state index >= 15 is 0 Å². The molecule has 3 rings (SSSR count). The molecule has 2 nitrogen and oxygen atoms in total. The van der Waals surface area contributed by atoms with Gasteiger partial charge in [0.25, 0.3) is 0 Å². The number of rotatable bonds is 4. The van der Waals surface area contributed by atoms with Gasteiger partial charge < -0.3 is 0 Å². The quantitative estimate of drug-likeness (QED) is 0.574. The second kappa shape index (κ2) is 6.08. The molecule has 0 saturated carbocycles. The van der Waals surface area contributed by atoms with E-state index in [1.807, 2.05) is 24.4 Å². The molecule has 0 saturated heterocycles. The summed E-state index contributed by atoms with van der Waals surface area (Å²) in [6.45, 7) is 3.22. The van der Waals surface area contributed by atoms with Crippen LogP contribution in [0.4, 0.5) is 5.69 Å². The normalized spacial score (nSPS) is 11.2. The van der Waals surface area contributed by atoms with Gasteiger partial charge in [0, 0.05) is 0 Å². The topological polar surface area (TPSA) is 15.9 Å². The molecule has 0 fully saturated rings. The maximum absolute atomic E-state index is 3.32. The second-order valence-corrected chi connectivity index (χ2v) is 6.72. The van der Waals surface area contributed by atoms with Crippen LogP contribution in [-0.4, -0.2) is 14.5 Å². The Balaban J connectivity index is 1.87. The minimum atomic E-state index is 0.404. The minimum absolute atomic E-state index is 0.404. The first-order chi connectivity index (χ1) is 9.88. The van der Waals surface area contributed by atoms with Gasteiger partial charge in [-0.2, -0.15) is 0 Å². The fourth-order valence-electron chi connectivity index (χ4n) is 2.25. The predicted molar refractivity (Wildman–Crippen MR) is 85.9 cm³/mol. The molecule has 1 aromatic heterocycles. The molecule has 3 aromatic rings. The van der Waals surface area contributed by atoms with E-state index < -0.39 is 0 Å².